The topological polar surface area (TPSA) is 26.0 Å². The fourth-order valence-corrected chi connectivity index (χ4v) is 3.27. The lowest BCUT2D eigenvalue weighted by molar-refractivity contribution is 0.514. The van der Waals surface area contributed by atoms with E-state index in [4.69, 9.17) is 5.73 Å². The van der Waals surface area contributed by atoms with Gasteiger partial charge in [0.05, 0.1) is 5.37 Å². The summed E-state index contributed by atoms with van der Waals surface area (Å²) in [4.78, 5) is 0. The van der Waals surface area contributed by atoms with Gasteiger partial charge in [0.25, 0.3) is 0 Å². The summed E-state index contributed by atoms with van der Waals surface area (Å²) < 4.78 is 0. The fraction of sp³-hybridized carbons (Fsp3) is 1.00. The molecule has 72 valence electrons. The summed E-state index contributed by atoms with van der Waals surface area (Å²) in [6.07, 6.45) is 9.51. The molecule has 1 saturated carbocycles. The summed E-state index contributed by atoms with van der Waals surface area (Å²) in [5.41, 5.74) is 5.98. The first kappa shape index (κ1) is 10.4. The molecular weight excluding hydrogens is 166 g/mol. The van der Waals surface area contributed by atoms with Crippen molar-refractivity contribution in [2.45, 2.75) is 62.5 Å². The summed E-state index contributed by atoms with van der Waals surface area (Å²) >= 11 is 2.02. The number of thioether (sulfide) groups is 1. The Bertz CT molecular complexity index is 110. The summed E-state index contributed by atoms with van der Waals surface area (Å²) in [6.45, 7) is 2.21. The van der Waals surface area contributed by atoms with Gasteiger partial charge in [0, 0.05) is 5.25 Å². The summed E-state index contributed by atoms with van der Waals surface area (Å²) in [5.74, 6) is 0. The van der Waals surface area contributed by atoms with Gasteiger partial charge in [-0.1, -0.05) is 32.6 Å². The number of hydrogen-bond acceptors (Lipinski definition) is 2. The maximum absolute atomic E-state index is 5.98. The fourth-order valence-electron chi connectivity index (χ4n) is 1.80. The maximum Gasteiger partial charge on any atom is 0.0509 e. The molecule has 0 aromatic rings. The van der Waals surface area contributed by atoms with Crippen LogP contribution in [0.3, 0.4) is 0 Å². The molecule has 0 saturated heterocycles. The van der Waals surface area contributed by atoms with E-state index in [0.29, 0.717) is 5.37 Å². The van der Waals surface area contributed by atoms with Crippen LogP contribution in [-0.2, 0) is 0 Å². The Kier molecular flexibility index (Phi) is 5.08. The average Bonchev–Trinajstić information content (AvgIpc) is 2.06. The van der Waals surface area contributed by atoms with Crippen LogP contribution in [0.5, 0.6) is 0 Å². The molecule has 1 unspecified atom stereocenters. The Balaban J connectivity index is 2.11. The standard InChI is InChI=1S/C10H21NS/c1-2-6-10(11)12-9-7-4-3-5-8-9/h9-10H,2-8,11H2,1H3. The molecule has 1 nitrogen and oxygen atoms in total. The third-order valence-electron chi connectivity index (χ3n) is 2.49. The van der Waals surface area contributed by atoms with Gasteiger partial charge in [-0.05, 0) is 19.3 Å². The van der Waals surface area contributed by atoms with E-state index >= 15 is 0 Å². The Morgan fingerprint density at radius 3 is 2.58 bits per heavy atom. The van der Waals surface area contributed by atoms with Crippen LogP contribution in [-0.4, -0.2) is 10.6 Å². The molecule has 0 aromatic heterocycles. The molecule has 1 rings (SSSR count). The Morgan fingerprint density at radius 1 is 1.33 bits per heavy atom. The SMILES string of the molecule is CCCC(N)SC1CCCCC1. The van der Waals surface area contributed by atoms with Crippen molar-refractivity contribution in [1.82, 2.24) is 0 Å². The molecule has 1 fully saturated rings. The summed E-state index contributed by atoms with van der Waals surface area (Å²) in [6, 6.07) is 0. The zero-order chi connectivity index (χ0) is 8.81. The first-order valence-electron chi connectivity index (χ1n) is 5.24. The highest BCUT2D eigenvalue weighted by Crippen LogP contribution is 2.30. The second-order valence-electron chi connectivity index (χ2n) is 3.72. The molecule has 0 heterocycles. The molecule has 1 aliphatic carbocycles. The zero-order valence-corrected chi connectivity index (χ0v) is 8.91. The normalized spacial score (nSPS) is 22.5. The van der Waals surface area contributed by atoms with Crippen molar-refractivity contribution in [1.29, 1.82) is 0 Å². The first-order valence-corrected chi connectivity index (χ1v) is 6.18. The Labute approximate surface area is 80.5 Å². The van der Waals surface area contributed by atoms with Gasteiger partial charge in [0.1, 0.15) is 0 Å². The lowest BCUT2D eigenvalue weighted by Gasteiger charge is -2.23. The van der Waals surface area contributed by atoms with Crippen molar-refractivity contribution in [3.05, 3.63) is 0 Å². The van der Waals surface area contributed by atoms with Gasteiger partial charge in [-0.25, -0.2) is 0 Å². The van der Waals surface area contributed by atoms with E-state index < -0.39 is 0 Å². The van der Waals surface area contributed by atoms with E-state index in [-0.39, 0.29) is 0 Å². The highest BCUT2D eigenvalue weighted by atomic mass is 32.2. The molecule has 1 atom stereocenters. The van der Waals surface area contributed by atoms with Gasteiger partial charge in [-0.15, -0.1) is 11.8 Å². The Hall–Kier alpha value is 0.310. The lowest BCUT2D eigenvalue weighted by atomic mass is 10.0. The van der Waals surface area contributed by atoms with Gasteiger partial charge < -0.3 is 5.73 Å². The smallest absolute Gasteiger partial charge is 0.0509 e. The van der Waals surface area contributed by atoms with E-state index in [2.05, 4.69) is 6.92 Å². The van der Waals surface area contributed by atoms with Crippen molar-refractivity contribution in [3.63, 3.8) is 0 Å². The lowest BCUT2D eigenvalue weighted by Crippen LogP contribution is -2.21. The van der Waals surface area contributed by atoms with Crippen molar-refractivity contribution in [3.8, 4) is 0 Å². The van der Waals surface area contributed by atoms with Crippen LogP contribution in [0.25, 0.3) is 0 Å². The summed E-state index contributed by atoms with van der Waals surface area (Å²) in [7, 11) is 0. The molecule has 0 spiro atoms. The predicted molar refractivity (Wildman–Crippen MR) is 57.3 cm³/mol. The van der Waals surface area contributed by atoms with Gasteiger partial charge in [0.15, 0.2) is 0 Å². The predicted octanol–water partition coefficient (Wildman–Crippen LogP) is 3.14. The van der Waals surface area contributed by atoms with Crippen LogP contribution >= 0.6 is 11.8 Å². The van der Waals surface area contributed by atoms with Crippen LogP contribution in [0, 0.1) is 0 Å². The van der Waals surface area contributed by atoms with Crippen molar-refractivity contribution in [2.75, 3.05) is 0 Å². The average molecular weight is 187 g/mol. The monoisotopic (exact) mass is 187 g/mol. The minimum Gasteiger partial charge on any atom is -0.319 e. The maximum atomic E-state index is 5.98. The highest BCUT2D eigenvalue weighted by Gasteiger charge is 2.16. The van der Waals surface area contributed by atoms with Crippen LogP contribution < -0.4 is 5.73 Å². The van der Waals surface area contributed by atoms with E-state index in [9.17, 15) is 0 Å². The molecular formula is C10H21NS. The van der Waals surface area contributed by atoms with Crippen LogP contribution in [0.15, 0.2) is 0 Å². The zero-order valence-electron chi connectivity index (χ0n) is 8.09. The number of rotatable bonds is 4. The first-order chi connectivity index (χ1) is 5.83. The second kappa shape index (κ2) is 5.87. The molecule has 0 amide bonds. The van der Waals surface area contributed by atoms with Crippen molar-refractivity contribution < 1.29 is 0 Å². The van der Waals surface area contributed by atoms with Gasteiger partial charge in [0.2, 0.25) is 0 Å². The molecule has 1 aliphatic rings. The molecule has 0 radical (unpaired) electrons. The van der Waals surface area contributed by atoms with E-state index in [1.54, 1.807) is 0 Å². The number of hydrogen-bond donors (Lipinski definition) is 1. The van der Waals surface area contributed by atoms with Gasteiger partial charge in [-0.2, -0.15) is 0 Å². The molecule has 0 bridgehead atoms. The van der Waals surface area contributed by atoms with Crippen LogP contribution in [0.1, 0.15) is 51.9 Å². The van der Waals surface area contributed by atoms with Gasteiger partial charge in [-0.3, -0.25) is 0 Å². The van der Waals surface area contributed by atoms with Crippen LogP contribution in [0.2, 0.25) is 0 Å². The third kappa shape index (κ3) is 3.81. The largest absolute Gasteiger partial charge is 0.319 e. The van der Waals surface area contributed by atoms with E-state index in [1.807, 2.05) is 11.8 Å². The third-order valence-corrected chi connectivity index (χ3v) is 3.93. The molecule has 0 aromatic carbocycles. The Morgan fingerprint density at radius 2 is 2.00 bits per heavy atom. The minimum atomic E-state index is 0.401. The highest BCUT2D eigenvalue weighted by molar-refractivity contribution is 8.00. The van der Waals surface area contributed by atoms with Gasteiger partial charge >= 0.3 is 0 Å². The van der Waals surface area contributed by atoms with Crippen molar-refractivity contribution >= 4 is 11.8 Å². The van der Waals surface area contributed by atoms with E-state index in [1.165, 1.54) is 44.9 Å². The van der Waals surface area contributed by atoms with Crippen molar-refractivity contribution in [2.24, 2.45) is 5.73 Å². The molecule has 12 heavy (non-hydrogen) atoms. The van der Waals surface area contributed by atoms with E-state index in [0.717, 1.165) is 5.25 Å². The molecule has 2 heteroatoms. The molecule has 0 aliphatic heterocycles. The summed E-state index contributed by atoms with van der Waals surface area (Å²) in [5, 5.41) is 1.28. The molecule has 2 N–H and O–H groups in total. The minimum absolute atomic E-state index is 0.401. The number of nitrogens with two attached hydrogens (primary N) is 1. The van der Waals surface area contributed by atoms with Crippen LogP contribution in [0.4, 0.5) is 0 Å². The second-order valence-corrected chi connectivity index (χ2v) is 5.27. The quantitative estimate of drug-likeness (QED) is 0.684.